The van der Waals surface area contributed by atoms with E-state index in [1.807, 2.05) is 26.0 Å². The molecule has 0 bridgehead atoms. The number of hydrogen-bond acceptors (Lipinski definition) is 2. The van der Waals surface area contributed by atoms with Crippen LogP contribution >= 0.6 is 8.46 Å². The van der Waals surface area contributed by atoms with Crippen molar-refractivity contribution in [3.63, 3.8) is 0 Å². The van der Waals surface area contributed by atoms with Crippen LogP contribution in [-0.4, -0.2) is 5.52 Å². The minimum atomic E-state index is -0.467. The Morgan fingerprint density at radius 3 is 2.16 bits per heavy atom. The van der Waals surface area contributed by atoms with Crippen LogP contribution in [0.2, 0.25) is 0 Å². The van der Waals surface area contributed by atoms with E-state index in [9.17, 15) is 9.36 Å². The molecule has 3 heteroatoms. The van der Waals surface area contributed by atoms with Gasteiger partial charge in [0.1, 0.15) is 0 Å². The summed E-state index contributed by atoms with van der Waals surface area (Å²) in [5.41, 5.74) is 5.48. The maximum absolute atomic E-state index is 11.8. The van der Waals surface area contributed by atoms with Gasteiger partial charge in [-0.3, -0.25) is 9.36 Å². The average molecular weight is 270 g/mol. The van der Waals surface area contributed by atoms with Crippen LogP contribution in [0.4, 0.5) is 0 Å². The van der Waals surface area contributed by atoms with Crippen LogP contribution in [0.3, 0.4) is 0 Å². The molecule has 0 atom stereocenters. The lowest BCUT2D eigenvalue weighted by atomic mass is 9.91. The van der Waals surface area contributed by atoms with Crippen LogP contribution in [0, 0.1) is 20.8 Å². The predicted molar refractivity (Wildman–Crippen MR) is 78.0 cm³/mol. The van der Waals surface area contributed by atoms with Gasteiger partial charge in [-0.2, -0.15) is 0 Å². The molecule has 0 saturated carbocycles. The zero-order valence-electron chi connectivity index (χ0n) is 11.2. The highest BCUT2D eigenvalue weighted by atomic mass is 31.1. The minimum absolute atomic E-state index is 0.380. The summed E-state index contributed by atoms with van der Waals surface area (Å²) < 4.78 is 10.9. The van der Waals surface area contributed by atoms with Crippen LogP contribution in [0.15, 0.2) is 36.4 Å². The van der Waals surface area contributed by atoms with Gasteiger partial charge >= 0.3 is 0 Å². The first-order chi connectivity index (χ1) is 9.04. The Hall–Kier alpha value is -1.79. The van der Waals surface area contributed by atoms with Crippen molar-refractivity contribution in [2.45, 2.75) is 20.8 Å². The fourth-order valence-electron chi connectivity index (χ4n) is 2.54. The standard InChI is InChI=1S/C16H15O2P/c1-10-8-11(2)15(12(3)9-10)13-6-4-5-7-14(13)16(17)19-18/h4-9H,1-3H3. The summed E-state index contributed by atoms with van der Waals surface area (Å²) in [5, 5.41) is 0. The molecular weight excluding hydrogens is 255 g/mol. The van der Waals surface area contributed by atoms with Crippen LogP contribution in [0.1, 0.15) is 27.0 Å². The van der Waals surface area contributed by atoms with Crippen molar-refractivity contribution < 1.29 is 9.36 Å². The summed E-state index contributed by atoms with van der Waals surface area (Å²) in [6.45, 7) is 6.12. The van der Waals surface area contributed by atoms with Crippen molar-refractivity contribution in [2.75, 3.05) is 0 Å². The fourth-order valence-corrected chi connectivity index (χ4v) is 2.83. The van der Waals surface area contributed by atoms with E-state index in [0.717, 1.165) is 22.3 Å². The second kappa shape index (κ2) is 5.46. The summed E-state index contributed by atoms with van der Waals surface area (Å²) in [4.78, 5) is 11.8. The number of carbonyl (C=O) groups excluding carboxylic acids is 1. The molecule has 0 heterocycles. The van der Waals surface area contributed by atoms with Crippen LogP contribution < -0.4 is 0 Å². The molecule has 0 aliphatic rings. The molecule has 0 spiro atoms. The molecule has 0 aliphatic heterocycles. The van der Waals surface area contributed by atoms with Gasteiger partial charge in [0.25, 0.3) is 5.52 Å². The smallest absolute Gasteiger partial charge is 0.253 e. The molecule has 0 aliphatic carbocycles. The highest BCUT2D eigenvalue weighted by Crippen LogP contribution is 2.32. The van der Waals surface area contributed by atoms with Gasteiger partial charge < -0.3 is 0 Å². The molecule has 2 rings (SSSR count). The van der Waals surface area contributed by atoms with Crippen LogP contribution in [0.5, 0.6) is 0 Å². The molecule has 0 fully saturated rings. The van der Waals surface area contributed by atoms with Crippen LogP contribution in [-0.2, 0) is 4.57 Å². The van der Waals surface area contributed by atoms with Gasteiger partial charge in [-0.05, 0) is 49.1 Å². The highest BCUT2D eigenvalue weighted by molar-refractivity contribution is 7.47. The van der Waals surface area contributed by atoms with Crippen molar-refractivity contribution in [1.29, 1.82) is 0 Å². The Morgan fingerprint density at radius 1 is 1.00 bits per heavy atom. The van der Waals surface area contributed by atoms with Crippen molar-refractivity contribution in [3.8, 4) is 11.1 Å². The van der Waals surface area contributed by atoms with Crippen molar-refractivity contribution >= 4 is 14.0 Å². The van der Waals surface area contributed by atoms with E-state index in [4.69, 9.17) is 0 Å². The van der Waals surface area contributed by atoms with E-state index >= 15 is 0 Å². The quantitative estimate of drug-likeness (QED) is 0.757. The molecule has 96 valence electrons. The number of aryl methyl sites for hydroxylation is 3. The first-order valence-electron chi connectivity index (χ1n) is 6.09. The third-order valence-corrected chi connectivity index (χ3v) is 3.59. The molecule has 0 radical (unpaired) electrons. The first kappa shape index (κ1) is 13.6. The summed E-state index contributed by atoms with van der Waals surface area (Å²) in [7, 11) is -0.467. The zero-order chi connectivity index (χ0) is 14.0. The monoisotopic (exact) mass is 270 g/mol. The summed E-state index contributed by atoms with van der Waals surface area (Å²) >= 11 is 0. The van der Waals surface area contributed by atoms with Gasteiger partial charge in [0, 0.05) is 5.56 Å². The third-order valence-electron chi connectivity index (χ3n) is 3.19. The number of hydrogen-bond donors (Lipinski definition) is 0. The molecule has 0 aromatic heterocycles. The highest BCUT2D eigenvalue weighted by Gasteiger charge is 2.15. The van der Waals surface area contributed by atoms with E-state index in [1.54, 1.807) is 12.1 Å². The average Bonchev–Trinajstić information content (AvgIpc) is 2.37. The van der Waals surface area contributed by atoms with Gasteiger partial charge in [0.2, 0.25) is 8.46 Å². The minimum Gasteiger partial charge on any atom is -0.280 e. The molecular formula is C16H15O2P. The lowest BCUT2D eigenvalue weighted by Crippen LogP contribution is -1.97. The Bertz CT molecular complexity index is 637. The molecule has 19 heavy (non-hydrogen) atoms. The van der Waals surface area contributed by atoms with Gasteiger partial charge in [-0.1, -0.05) is 35.9 Å². The van der Waals surface area contributed by atoms with Gasteiger partial charge in [-0.25, -0.2) is 0 Å². The van der Waals surface area contributed by atoms with Crippen molar-refractivity contribution in [2.24, 2.45) is 0 Å². The predicted octanol–water partition coefficient (Wildman–Crippen LogP) is 4.71. The maximum Gasteiger partial charge on any atom is 0.253 e. The van der Waals surface area contributed by atoms with Crippen molar-refractivity contribution in [1.82, 2.24) is 0 Å². The van der Waals surface area contributed by atoms with E-state index in [-0.39, 0.29) is 5.52 Å². The summed E-state index contributed by atoms with van der Waals surface area (Å²) in [5.74, 6) is 0. The number of rotatable bonds is 3. The van der Waals surface area contributed by atoms with Gasteiger partial charge in [0.15, 0.2) is 0 Å². The molecule has 2 aromatic carbocycles. The summed E-state index contributed by atoms with van der Waals surface area (Å²) in [6.07, 6.45) is 0. The van der Waals surface area contributed by atoms with E-state index < -0.39 is 8.46 Å². The van der Waals surface area contributed by atoms with E-state index in [1.165, 1.54) is 5.56 Å². The van der Waals surface area contributed by atoms with Gasteiger partial charge in [0.05, 0.1) is 0 Å². The Kier molecular flexibility index (Phi) is 3.92. The third kappa shape index (κ3) is 2.64. The Balaban J connectivity index is 2.73. The first-order valence-corrected chi connectivity index (χ1v) is 6.90. The molecule has 0 amide bonds. The molecule has 0 saturated heterocycles. The molecule has 2 aromatic rings. The summed E-state index contributed by atoms with van der Waals surface area (Å²) in [6, 6.07) is 11.5. The normalized spacial score (nSPS) is 10.7. The largest absolute Gasteiger partial charge is 0.280 e. The molecule has 0 N–H and O–H groups in total. The SMILES string of the molecule is Cc1cc(C)c(-c2ccccc2C(=O)P=O)c(C)c1. The van der Waals surface area contributed by atoms with Crippen molar-refractivity contribution in [3.05, 3.63) is 58.7 Å². The second-order valence-corrected chi connectivity index (χ2v) is 5.30. The fraction of sp³-hybridized carbons (Fsp3) is 0.188. The van der Waals surface area contributed by atoms with E-state index in [0.29, 0.717) is 5.56 Å². The Morgan fingerprint density at radius 2 is 1.58 bits per heavy atom. The number of benzene rings is 2. The van der Waals surface area contributed by atoms with Crippen LogP contribution in [0.25, 0.3) is 11.1 Å². The molecule has 0 unspecified atom stereocenters. The second-order valence-electron chi connectivity index (χ2n) is 4.72. The topological polar surface area (TPSA) is 34.1 Å². The Labute approximate surface area is 114 Å². The molecule has 2 nitrogen and oxygen atoms in total. The maximum atomic E-state index is 11.8. The van der Waals surface area contributed by atoms with E-state index in [2.05, 4.69) is 19.1 Å². The number of carbonyl (C=O) groups is 1. The van der Waals surface area contributed by atoms with Gasteiger partial charge in [-0.15, -0.1) is 0 Å². The lowest BCUT2D eigenvalue weighted by Gasteiger charge is -2.13. The lowest BCUT2D eigenvalue weighted by molar-refractivity contribution is 0.108. The zero-order valence-corrected chi connectivity index (χ0v) is 12.1.